The highest BCUT2D eigenvalue weighted by Gasteiger charge is 2.19. The molecule has 1 aromatic rings. The molecule has 1 atom stereocenters. The van der Waals surface area contributed by atoms with Gasteiger partial charge in [0.15, 0.2) is 0 Å². The van der Waals surface area contributed by atoms with Crippen molar-refractivity contribution >= 4 is 17.7 Å². The highest BCUT2D eigenvalue weighted by Crippen LogP contribution is 2.15. The highest BCUT2D eigenvalue weighted by molar-refractivity contribution is 5.92. The van der Waals surface area contributed by atoms with Crippen LogP contribution < -0.4 is 10.6 Å². The topological polar surface area (TPSA) is 78.4 Å². The second kappa shape index (κ2) is 7.47. The molecule has 110 valence electrons. The fraction of sp³-hybridized carbons (Fsp3) is 0.429. The molecule has 5 nitrogen and oxygen atoms in total. The Morgan fingerprint density at radius 1 is 1.40 bits per heavy atom. The summed E-state index contributed by atoms with van der Waals surface area (Å²) in [6.45, 7) is 3.60. The predicted molar refractivity (Wildman–Crippen MR) is 74.2 cm³/mol. The summed E-state index contributed by atoms with van der Waals surface area (Å²) in [7, 11) is 0. The lowest BCUT2D eigenvalue weighted by atomic mass is 10.1. The number of aliphatic carboxylic acids is 1. The van der Waals surface area contributed by atoms with Crippen molar-refractivity contribution in [1.82, 2.24) is 5.32 Å². The molecule has 0 fully saturated rings. The van der Waals surface area contributed by atoms with Crippen LogP contribution in [0, 0.1) is 12.7 Å². The first kappa shape index (κ1) is 15.9. The van der Waals surface area contributed by atoms with Gasteiger partial charge < -0.3 is 15.7 Å². The van der Waals surface area contributed by atoms with E-state index in [4.69, 9.17) is 5.11 Å². The standard InChI is InChI=1S/C14H19FN2O3/c1-3-4-5-12(13(18)19)17-14(20)16-11-7-6-10(15)8-9(11)2/h6-8,12H,3-5H2,1-2H3,(H,18,19)(H2,16,17,20)/t12-/m0/s1. The Morgan fingerprint density at radius 2 is 2.10 bits per heavy atom. The van der Waals surface area contributed by atoms with E-state index in [1.807, 2.05) is 6.92 Å². The number of nitrogens with one attached hydrogen (secondary N) is 2. The number of anilines is 1. The summed E-state index contributed by atoms with van der Waals surface area (Å²) in [5, 5.41) is 13.9. The number of hydrogen-bond donors (Lipinski definition) is 3. The lowest BCUT2D eigenvalue weighted by Crippen LogP contribution is -2.43. The molecule has 0 aliphatic rings. The molecule has 0 aliphatic carbocycles. The van der Waals surface area contributed by atoms with Gasteiger partial charge >= 0.3 is 12.0 Å². The van der Waals surface area contributed by atoms with Gasteiger partial charge in [-0.15, -0.1) is 0 Å². The van der Waals surface area contributed by atoms with E-state index >= 15 is 0 Å². The van der Waals surface area contributed by atoms with Crippen molar-refractivity contribution in [3.63, 3.8) is 0 Å². The molecule has 0 saturated heterocycles. The molecule has 20 heavy (non-hydrogen) atoms. The van der Waals surface area contributed by atoms with Crippen molar-refractivity contribution in [2.45, 2.75) is 39.2 Å². The smallest absolute Gasteiger partial charge is 0.326 e. The Bertz CT molecular complexity index is 491. The first-order valence-electron chi connectivity index (χ1n) is 6.50. The van der Waals surface area contributed by atoms with Gasteiger partial charge in [-0.05, 0) is 37.1 Å². The summed E-state index contributed by atoms with van der Waals surface area (Å²) in [5.41, 5.74) is 1.02. The van der Waals surface area contributed by atoms with Gasteiger partial charge in [0.25, 0.3) is 0 Å². The van der Waals surface area contributed by atoms with E-state index in [0.29, 0.717) is 24.1 Å². The van der Waals surface area contributed by atoms with Crippen LogP contribution in [0.1, 0.15) is 31.7 Å². The molecule has 3 N–H and O–H groups in total. The maximum atomic E-state index is 12.9. The van der Waals surface area contributed by atoms with Crippen molar-refractivity contribution in [2.75, 3.05) is 5.32 Å². The molecule has 0 unspecified atom stereocenters. The van der Waals surface area contributed by atoms with E-state index in [-0.39, 0.29) is 5.82 Å². The number of unbranched alkanes of at least 4 members (excludes halogenated alkanes) is 1. The van der Waals surface area contributed by atoms with E-state index in [2.05, 4.69) is 10.6 Å². The Hall–Kier alpha value is -2.11. The van der Waals surface area contributed by atoms with Crippen LogP contribution >= 0.6 is 0 Å². The molecular formula is C14H19FN2O3. The fourth-order valence-electron chi connectivity index (χ4n) is 1.75. The van der Waals surface area contributed by atoms with Crippen molar-refractivity contribution < 1.29 is 19.1 Å². The highest BCUT2D eigenvalue weighted by atomic mass is 19.1. The number of carbonyl (C=O) groups is 2. The van der Waals surface area contributed by atoms with Crippen molar-refractivity contribution in [1.29, 1.82) is 0 Å². The molecule has 0 saturated carbocycles. The fourth-order valence-corrected chi connectivity index (χ4v) is 1.75. The number of urea groups is 1. The minimum atomic E-state index is -1.07. The van der Waals surface area contributed by atoms with Crippen LogP contribution in [0.2, 0.25) is 0 Å². The van der Waals surface area contributed by atoms with Crippen LogP contribution in [-0.4, -0.2) is 23.1 Å². The van der Waals surface area contributed by atoms with Gasteiger partial charge in [0.1, 0.15) is 11.9 Å². The second-order valence-electron chi connectivity index (χ2n) is 4.59. The monoisotopic (exact) mass is 282 g/mol. The molecule has 1 rings (SSSR count). The van der Waals surface area contributed by atoms with Crippen LogP contribution in [0.25, 0.3) is 0 Å². The van der Waals surface area contributed by atoms with Crippen LogP contribution in [-0.2, 0) is 4.79 Å². The van der Waals surface area contributed by atoms with Crippen molar-refractivity contribution in [3.8, 4) is 0 Å². The number of hydrogen-bond acceptors (Lipinski definition) is 2. The maximum absolute atomic E-state index is 12.9. The zero-order valence-corrected chi connectivity index (χ0v) is 11.6. The van der Waals surface area contributed by atoms with Crippen LogP contribution in [0.4, 0.5) is 14.9 Å². The van der Waals surface area contributed by atoms with Gasteiger partial charge in [-0.1, -0.05) is 19.8 Å². The van der Waals surface area contributed by atoms with E-state index in [1.54, 1.807) is 6.92 Å². The van der Waals surface area contributed by atoms with Gasteiger partial charge in [0.05, 0.1) is 0 Å². The lowest BCUT2D eigenvalue weighted by molar-refractivity contribution is -0.139. The first-order valence-corrected chi connectivity index (χ1v) is 6.50. The normalized spacial score (nSPS) is 11.8. The molecular weight excluding hydrogens is 263 g/mol. The van der Waals surface area contributed by atoms with Crippen LogP contribution in [0.15, 0.2) is 18.2 Å². The molecule has 1 aromatic carbocycles. The molecule has 2 amide bonds. The zero-order chi connectivity index (χ0) is 15.1. The average molecular weight is 282 g/mol. The summed E-state index contributed by atoms with van der Waals surface area (Å²) in [4.78, 5) is 22.8. The van der Waals surface area contributed by atoms with Crippen molar-refractivity contribution in [3.05, 3.63) is 29.6 Å². The number of carbonyl (C=O) groups excluding carboxylic acids is 1. The predicted octanol–water partition coefficient (Wildman–Crippen LogP) is 2.90. The third kappa shape index (κ3) is 4.87. The maximum Gasteiger partial charge on any atom is 0.326 e. The second-order valence-corrected chi connectivity index (χ2v) is 4.59. The third-order valence-electron chi connectivity index (χ3n) is 2.89. The zero-order valence-electron chi connectivity index (χ0n) is 11.6. The molecule has 6 heteroatoms. The minimum absolute atomic E-state index is 0.377. The molecule has 0 aliphatic heterocycles. The van der Waals surface area contributed by atoms with E-state index < -0.39 is 18.0 Å². The number of carboxylic acid groups (broad SMARTS) is 1. The number of amides is 2. The van der Waals surface area contributed by atoms with E-state index in [9.17, 15) is 14.0 Å². The Balaban J connectivity index is 2.63. The summed E-state index contributed by atoms with van der Waals surface area (Å²) >= 11 is 0. The number of aryl methyl sites for hydroxylation is 1. The number of benzene rings is 1. The van der Waals surface area contributed by atoms with Gasteiger partial charge in [-0.25, -0.2) is 14.0 Å². The van der Waals surface area contributed by atoms with Gasteiger partial charge in [-0.3, -0.25) is 0 Å². The summed E-state index contributed by atoms with van der Waals surface area (Å²) in [6, 6.07) is 2.43. The first-order chi connectivity index (χ1) is 9.43. The quantitative estimate of drug-likeness (QED) is 0.750. The third-order valence-corrected chi connectivity index (χ3v) is 2.89. The number of rotatable bonds is 6. The molecule has 0 heterocycles. The molecule has 0 bridgehead atoms. The molecule has 0 spiro atoms. The van der Waals surface area contributed by atoms with Gasteiger partial charge in [-0.2, -0.15) is 0 Å². The van der Waals surface area contributed by atoms with Crippen LogP contribution in [0.5, 0.6) is 0 Å². The SMILES string of the molecule is CCCC[C@H](NC(=O)Nc1ccc(F)cc1C)C(=O)O. The largest absolute Gasteiger partial charge is 0.480 e. The van der Waals surface area contributed by atoms with E-state index in [1.165, 1.54) is 18.2 Å². The summed E-state index contributed by atoms with van der Waals surface area (Å²) < 4.78 is 12.9. The van der Waals surface area contributed by atoms with Crippen LogP contribution in [0.3, 0.4) is 0 Å². The summed E-state index contributed by atoms with van der Waals surface area (Å²) in [6.07, 6.45) is 1.94. The van der Waals surface area contributed by atoms with Gasteiger partial charge in [0.2, 0.25) is 0 Å². The van der Waals surface area contributed by atoms with Crippen molar-refractivity contribution in [2.24, 2.45) is 0 Å². The molecule has 0 aromatic heterocycles. The van der Waals surface area contributed by atoms with E-state index in [0.717, 1.165) is 6.42 Å². The Kier molecular flexibility index (Phi) is 5.96. The number of carboxylic acids is 1. The molecule has 0 radical (unpaired) electrons. The Labute approximate surface area is 117 Å². The Morgan fingerprint density at radius 3 is 2.65 bits per heavy atom. The number of halogens is 1. The summed E-state index contributed by atoms with van der Waals surface area (Å²) in [5.74, 6) is -1.45. The average Bonchev–Trinajstić information content (AvgIpc) is 2.37. The lowest BCUT2D eigenvalue weighted by Gasteiger charge is -2.15. The minimum Gasteiger partial charge on any atom is -0.480 e. The van der Waals surface area contributed by atoms with Gasteiger partial charge in [0, 0.05) is 5.69 Å².